The quantitative estimate of drug-likeness (QED) is 0.719. The fraction of sp³-hybridized carbons (Fsp3) is 0. The maximum atomic E-state index is 13.2. The molecule has 0 aliphatic rings. The minimum atomic E-state index is -0.428. The van der Waals surface area contributed by atoms with E-state index >= 15 is 0 Å². The first-order valence-electron chi connectivity index (χ1n) is 6.03. The molecule has 0 atom stereocenters. The third kappa shape index (κ3) is 2.60. The molecule has 3 nitrogen and oxygen atoms in total. The summed E-state index contributed by atoms with van der Waals surface area (Å²) in [6, 6.07) is 11.1. The van der Waals surface area contributed by atoms with Crippen molar-refractivity contribution in [3.8, 4) is 22.5 Å². The molecular weight excluding hydrogens is 314 g/mol. The smallest absolute Gasteiger partial charge is 0.177 e. The second kappa shape index (κ2) is 5.39. The molecule has 2 N–H and O–H groups in total. The van der Waals surface area contributed by atoms with Crippen LogP contribution in [0.15, 0.2) is 47.0 Å². The monoisotopic (exact) mass is 322 g/mol. The summed E-state index contributed by atoms with van der Waals surface area (Å²) in [5.74, 6) is 0.185. The van der Waals surface area contributed by atoms with E-state index < -0.39 is 5.82 Å². The summed E-state index contributed by atoms with van der Waals surface area (Å²) in [6.07, 6.45) is 0. The van der Waals surface area contributed by atoms with Gasteiger partial charge in [0.25, 0.3) is 0 Å². The largest absolute Gasteiger partial charge is 0.380 e. The van der Waals surface area contributed by atoms with Crippen molar-refractivity contribution in [2.45, 2.75) is 0 Å². The molecule has 0 saturated carbocycles. The molecule has 0 amide bonds. The average molecular weight is 323 g/mol. The number of hydrogen-bond donors (Lipinski definition) is 1. The highest BCUT2D eigenvalue weighted by molar-refractivity contribution is 6.33. The number of nitrogens with two attached hydrogens (primary N) is 1. The Kier molecular flexibility index (Phi) is 3.57. The average Bonchev–Trinajstić information content (AvgIpc) is 2.81. The minimum absolute atomic E-state index is 0.179. The van der Waals surface area contributed by atoms with Crippen molar-refractivity contribution in [3.63, 3.8) is 0 Å². The molecule has 6 heteroatoms. The molecule has 2 aromatic carbocycles. The van der Waals surface area contributed by atoms with Crippen molar-refractivity contribution in [1.29, 1.82) is 0 Å². The fourth-order valence-electron chi connectivity index (χ4n) is 2.08. The summed E-state index contributed by atoms with van der Waals surface area (Å²) in [6.45, 7) is 0. The Hall–Kier alpha value is -2.04. The van der Waals surface area contributed by atoms with Crippen LogP contribution in [0.3, 0.4) is 0 Å². The van der Waals surface area contributed by atoms with Crippen LogP contribution in [-0.4, -0.2) is 5.16 Å². The van der Waals surface area contributed by atoms with Crippen molar-refractivity contribution in [3.05, 3.63) is 58.3 Å². The lowest BCUT2D eigenvalue weighted by atomic mass is 10.0. The van der Waals surface area contributed by atoms with Crippen molar-refractivity contribution in [2.75, 3.05) is 5.73 Å². The minimum Gasteiger partial charge on any atom is -0.380 e. The standard InChI is InChI=1S/C15H9Cl2FN2O/c16-9-3-1-2-8(6-9)14-13(15(19)20-21-14)11-5-4-10(18)7-12(11)17/h1-7H,(H2,19,20). The molecule has 1 heterocycles. The number of hydrogen-bond acceptors (Lipinski definition) is 3. The van der Waals surface area contributed by atoms with E-state index in [0.717, 1.165) is 0 Å². The van der Waals surface area contributed by atoms with Crippen LogP contribution in [0.2, 0.25) is 10.0 Å². The van der Waals surface area contributed by atoms with E-state index in [9.17, 15) is 4.39 Å². The number of nitrogens with zero attached hydrogens (tertiary/aromatic N) is 1. The van der Waals surface area contributed by atoms with Crippen molar-refractivity contribution in [2.24, 2.45) is 0 Å². The number of halogens is 3. The molecular formula is C15H9Cl2FN2O. The highest BCUT2D eigenvalue weighted by Crippen LogP contribution is 2.40. The molecule has 106 valence electrons. The van der Waals surface area contributed by atoms with Crippen LogP contribution < -0.4 is 5.73 Å². The molecule has 21 heavy (non-hydrogen) atoms. The van der Waals surface area contributed by atoms with Crippen molar-refractivity contribution >= 4 is 29.0 Å². The van der Waals surface area contributed by atoms with Gasteiger partial charge in [0.2, 0.25) is 0 Å². The molecule has 1 aromatic heterocycles. The van der Waals surface area contributed by atoms with Crippen LogP contribution >= 0.6 is 23.2 Å². The lowest BCUT2D eigenvalue weighted by molar-refractivity contribution is 0.436. The Morgan fingerprint density at radius 2 is 1.90 bits per heavy atom. The Morgan fingerprint density at radius 1 is 1.10 bits per heavy atom. The van der Waals surface area contributed by atoms with Gasteiger partial charge in [0.1, 0.15) is 5.82 Å². The van der Waals surface area contributed by atoms with Crippen LogP contribution in [0.1, 0.15) is 0 Å². The van der Waals surface area contributed by atoms with Gasteiger partial charge < -0.3 is 10.3 Å². The van der Waals surface area contributed by atoms with Crippen LogP contribution in [0.4, 0.5) is 10.2 Å². The van der Waals surface area contributed by atoms with Gasteiger partial charge in [-0.15, -0.1) is 0 Å². The van der Waals surface area contributed by atoms with E-state index in [2.05, 4.69) is 5.16 Å². The maximum Gasteiger partial charge on any atom is 0.177 e. The lowest BCUT2D eigenvalue weighted by Crippen LogP contribution is -1.90. The molecule has 0 unspecified atom stereocenters. The summed E-state index contributed by atoms with van der Waals surface area (Å²) in [7, 11) is 0. The normalized spacial score (nSPS) is 10.8. The van der Waals surface area contributed by atoms with Gasteiger partial charge in [-0.3, -0.25) is 0 Å². The number of anilines is 1. The number of rotatable bonds is 2. The van der Waals surface area contributed by atoms with Gasteiger partial charge in [-0.1, -0.05) is 40.5 Å². The Bertz CT molecular complexity index is 817. The van der Waals surface area contributed by atoms with E-state index in [1.807, 2.05) is 6.07 Å². The molecule has 0 aliphatic carbocycles. The summed E-state index contributed by atoms with van der Waals surface area (Å²) in [5, 5.41) is 4.55. The van der Waals surface area contributed by atoms with Gasteiger partial charge in [-0.05, 0) is 30.3 Å². The number of aromatic nitrogens is 1. The van der Waals surface area contributed by atoms with E-state index in [4.69, 9.17) is 33.5 Å². The van der Waals surface area contributed by atoms with Gasteiger partial charge in [0, 0.05) is 16.1 Å². The maximum absolute atomic E-state index is 13.2. The first-order chi connectivity index (χ1) is 10.1. The predicted octanol–water partition coefficient (Wildman–Crippen LogP) is 5.04. The molecule has 0 saturated heterocycles. The number of nitrogen functional groups attached to an aromatic ring is 1. The van der Waals surface area contributed by atoms with Gasteiger partial charge >= 0.3 is 0 Å². The van der Waals surface area contributed by atoms with Crippen LogP contribution in [0, 0.1) is 5.82 Å². The topological polar surface area (TPSA) is 52.0 Å². The highest BCUT2D eigenvalue weighted by atomic mass is 35.5. The summed E-state index contributed by atoms with van der Waals surface area (Å²) < 4.78 is 18.5. The lowest BCUT2D eigenvalue weighted by Gasteiger charge is -2.05. The van der Waals surface area contributed by atoms with Crippen LogP contribution in [0.5, 0.6) is 0 Å². The molecule has 3 aromatic rings. The zero-order chi connectivity index (χ0) is 15.0. The van der Waals surface area contributed by atoms with E-state index in [1.165, 1.54) is 18.2 Å². The summed E-state index contributed by atoms with van der Waals surface area (Å²) in [4.78, 5) is 0. The van der Waals surface area contributed by atoms with E-state index in [0.29, 0.717) is 27.5 Å². The van der Waals surface area contributed by atoms with Crippen molar-refractivity contribution < 1.29 is 8.91 Å². The Labute approximate surface area is 130 Å². The first-order valence-corrected chi connectivity index (χ1v) is 6.78. The van der Waals surface area contributed by atoms with Crippen molar-refractivity contribution in [1.82, 2.24) is 5.16 Å². The molecule has 0 radical (unpaired) electrons. The van der Waals surface area contributed by atoms with E-state index in [1.54, 1.807) is 18.2 Å². The molecule has 0 aliphatic heterocycles. The van der Waals surface area contributed by atoms with Gasteiger partial charge in [-0.25, -0.2) is 4.39 Å². The highest BCUT2D eigenvalue weighted by Gasteiger charge is 2.20. The SMILES string of the molecule is Nc1noc(-c2cccc(Cl)c2)c1-c1ccc(F)cc1Cl. The third-order valence-corrected chi connectivity index (χ3v) is 3.55. The number of benzene rings is 2. The first kappa shape index (κ1) is 13.9. The molecule has 0 bridgehead atoms. The molecule has 0 spiro atoms. The van der Waals surface area contributed by atoms with Gasteiger partial charge in [0.15, 0.2) is 11.6 Å². The predicted molar refractivity (Wildman–Crippen MR) is 81.8 cm³/mol. The third-order valence-electron chi connectivity index (χ3n) is 3.01. The van der Waals surface area contributed by atoms with E-state index in [-0.39, 0.29) is 10.8 Å². The Morgan fingerprint density at radius 3 is 2.62 bits per heavy atom. The summed E-state index contributed by atoms with van der Waals surface area (Å²) in [5.41, 5.74) is 7.64. The molecule has 0 fully saturated rings. The second-order valence-electron chi connectivity index (χ2n) is 4.41. The van der Waals surface area contributed by atoms with Crippen LogP contribution in [-0.2, 0) is 0 Å². The van der Waals surface area contributed by atoms with Crippen LogP contribution in [0.25, 0.3) is 22.5 Å². The fourth-order valence-corrected chi connectivity index (χ4v) is 2.53. The summed E-state index contributed by atoms with van der Waals surface area (Å²) >= 11 is 12.1. The molecule has 3 rings (SSSR count). The van der Waals surface area contributed by atoms with Gasteiger partial charge in [0.05, 0.1) is 10.6 Å². The van der Waals surface area contributed by atoms with Gasteiger partial charge in [-0.2, -0.15) is 0 Å². The zero-order valence-electron chi connectivity index (χ0n) is 10.6. The Balaban J connectivity index is 2.22. The zero-order valence-corrected chi connectivity index (χ0v) is 12.1. The second-order valence-corrected chi connectivity index (χ2v) is 5.25.